The Morgan fingerprint density at radius 1 is 0.903 bits per heavy atom. The predicted molar refractivity (Wildman–Crippen MR) is 121 cm³/mol. The molecule has 31 heavy (non-hydrogen) atoms. The van der Waals surface area contributed by atoms with Crippen molar-refractivity contribution in [3.8, 4) is 0 Å². The predicted octanol–water partition coefficient (Wildman–Crippen LogP) is 3.73. The molecule has 2 fully saturated rings. The maximum Gasteiger partial charge on any atom is 0.229 e. The number of likely N-dealkylation sites (tertiary alicyclic amines) is 2. The average Bonchev–Trinajstić information content (AvgIpc) is 2.81. The molecule has 164 valence electrons. The molecule has 5 nitrogen and oxygen atoms in total. The Morgan fingerprint density at radius 2 is 1.55 bits per heavy atom. The third-order valence-corrected chi connectivity index (χ3v) is 7.18. The van der Waals surface area contributed by atoms with Crippen LogP contribution in [0.4, 0.5) is 0 Å². The second-order valence-corrected chi connectivity index (χ2v) is 9.24. The molecule has 2 amide bonds. The molecular weight excluding hydrogens is 386 g/mol. The SMILES string of the molecule is CC(=O)N1CCC(Cc2ccccc2)(C(=O)N2CCC(Cc3ccncc3)CC2)CC1. The minimum Gasteiger partial charge on any atom is -0.343 e. The zero-order chi connectivity index (χ0) is 21.7. The molecule has 1 aromatic carbocycles. The first-order valence-corrected chi connectivity index (χ1v) is 11.5. The number of amides is 2. The topological polar surface area (TPSA) is 53.5 Å². The first-order valence-electron chi connectivity index (χ1n) is 11.5. The number of pyridine rings is 1. The summed E-state index contributed by atoms with van der Waals surface area (Å²) in [6, 6.07) is 14.5. The monoisotopic (exact) mass is 419 g/mol. The summed E-state index contributed by atoms with van der Waals surface area (Å²) in [4.78, 5) is 33.8. The van der Waals surface area contributed by atoms with E-state index in [0.717, 1.165) is 51.6 Å². The summed E-state index contributed by atoms with van der Waals surface area (Å²) in [6.07, 6.45) is 9.13. The van der Waals surface area contributed by atoms with E-state index in [1.807, 2.05) is 35.5 Å². The van der Waals surface area contributed by atoms with Crippen LogP contribution >= 0.6 is 0 Å². The zero-order valence-electron chi connectivity index (χ0n) is 18.5. The Labute approximate surface area is 185 Å². The molecule has 2 aliphatic rings. The molecule has 0 bridgehead atoms. The van der Waals surface area contributed by atoms with Crippen molar-refractivity contribution in [2.75, 3.05) is 26.2 Å². The van der Waals surface area contributed by atoms with Gasteiger partial charge in [-0.25, -0.2) is 0 Å². The van der Waals surface area contributed by atoms with Gasteiger partial charge in [0.25, 0.3) is 0 Å². The second-order valence-electron chi connectivity index (χ2n) is 9.24. The number of aromatic nitrogens is 1. The number of benzene rings is 1. The number of rotatable bonds is 5. The molecule has 4 rings (SSSR count). The average molecular weight is 420 g/mol. The van der Waals surface area contributed by atoms with E-state index in [1.54, 1.807) is 6.92 Å². The van der Waals surface area contributed by atoms with Gasteiger partial charge in [0, 0.05) is 45.5 Å². The molecule has 0 radical (unpaired) electrons. The molecule has 2 saturated heterocycles. The highest BCUT2D eigenvalue weighted by Gasteiger charge is 2.44. The van der Waals surface area contributed by atoms with E-state index in [4.69, 9.17) is 0 Å². The van der Waals surface area contributed by atoms with Crippen molar-refractivity contribution in [3.63, 3.8) is 0 Å². The number of piperidine rings is 2. The normalized spacial score (nSPS) is 19.3. The zero-order valence-corrected chi connectivity index (χ0v) is 18.5. The van der Waals surface area contributed by atoms with Crippen LogP contribution in [0.5, 0.6) is 0 Å². The van der Waals surface area contributed by atoms with Gasteiger partial charge in [-0.3, -0.25) is 14.6 Å². The minimum absolute atomic E-state index is 0.109. The van der Waals surface area contributed by atoms with Gasteiger partial charge in [0.2, 0.25) is 11.8 Å². The Bertz CT molecular complexity index is 868. The van der Waals surface area contributed by atoms with E-state index in [-0.39, 0.29) is 5.91 Å². The molecule has 2 aliphatic heterocycles. The highest BCUT2D eigenvalue weighted by Crippen LogP contribution is 2.38. The van der Waals surface area contributed by atoms with Crippen LogP contribution in [-0.4, -0.2) is 52.8 Å². The first-order chi connectivity index (χ1) is 15.1. The van der Waals surface area contributed by atoms with Gasteiger partial charge < -0.3 is 9.80 Å². The van der Waals surface area contributed by atoms with Gasteiger partial charge in [0.15, 0.2) is 0 Å². The van der Waals surface area contributed by atoms with Gasteiger partial charge in [-0.2, -0.15) is 0 Å². The summed E-state index contributed by atoms with van der Waals surface area (Å²) in [5, 5.41) is 0. The largest absolute Gasteiger partial charge is 0.343 e. The fourth-order valence-electron chi connectivity index (χ4n) is 5.23. The van der Waals surface area contributed by atoms with Crippen molar-refractivity contribution in [3.05, 3.63) is 66.0 Å². The van der Waals surface area contributed by atoms with Crippen LogP contribution < -0.4 is 0 Å². The Morgan fingerprint density at radius 3 is 2.16 bits per heavy atom. The molecule has 3 heterocycles. The van der Waals surface area contributed by atoms with E-state index in [9.17, 15) is 9.59 Å². The van der Waals surface area contributed by atoms with E-state index in [1.165, 1.54) is 11.1 Å². The van der Waals surface area contributed by atoms with Gasteiger partial charge in [0.1, 0.15) is 0 Å². The molecule has 0 unspecified atom stereocenters. The van der Waals surface area contributed by atoms with Crippen molar-refractivity contribution < 1.29 is 9.59 Å². The first kappa shape index (κ1) is 21.5. The van der Waals surface area contributed by atoms with Crippen LogP contribution in [0.25, 0.3) is 0 Å². The lowest BCUT2D eigenvalue weighted by molar-refractivity contribution is -0.149. The van der Waals surface area contributed by atoms with Crippen LogP contribution in [0, 0.1) is 11.3 Å². The van der Waals surface area contributed by atoms with Crippen LogP contribution in [0.2, 0.25) is 0 Å². The number of nitrogens with zero attached hydrogens (tertiary/aromatic N) is 3. The van der Waals surface area contributed by atoms with Gasteiger partial charge in [-0.05, 0) is 67.7 Å². The molecule has 5 heteroatoms. The van der Waals surface area contributed by atoms with E-state index in [2.05, 4.69) is 34.1 Å². The summed E-state index contributed by atoms with van der Waals surface area (Å²) in [5.41, 5.74) is 2.14. The number of carbonyl (C=O) groups is 2. The van der Waals surface area contributed by atoms with Crippen molar-refractivity contribution >= 4 is 11.8 Å². The lowest BCUT2D eigenvalue weighted by atomic mass is 9.72. The lowest BCUT2D eigenvalue weighted by Gasteiger charge is -2.44. The lowest BCUT2D eigenvalue weighted by Crippen LogP contribution is -2.53. The summed E-state index contributed by atoms with van der Waals surface area (Å²) in [5.74, 6) is 1.02. The maximum atomic E-state index is 13.8. The Balaban J connectivity index is 1.43. The van der Waals surface area contributed by atoms with Gasteiger partial charge in [-0.1, -0.05) is 30.3 Å². The maximum absolute atomic E-state index is 13.8. The van der Waals surface area contributed by atoms with Gasteiger partial charge in [-0.15, -0.1) is 0 Å². The molecule has 0 spiro atoms. The van der Waals surface area contributed by atoms with Crippen LogP contribution in [0.15, 0.2) is 54.9 Å². The van der Waals surface area contributed by atoms with Gasteiger partial charge in [0.05, 0.1) is 5.41 Å². The van der Waals surface area contributed by atoms with Crippen molar-refractivity contribution in [2.45, 2.75) is 45.4 Å². The molecule has 2 aromatic rings. The van der Waals surface area contributed by atoms with E-state index < -0.39 is 5.41 Å². The number of carbonyl (C=O) groups excluding carboxylic acids is 2. The smallest absolute Gasteiger partial charge is 0.229 e. The fourth-order valence-corrected chi connectivity index (χ4v) is 5.23. The summed E-state index contributed by atoms with van der Waals surface area (Å²) in [6.45, 7) is 4.64. The summed E-state index contributed by atoms with van der Waals surface area (Å²) >= 11 is 0. The standard InChI is InChI=1S/C26H33N3O2/c1-21(30)28-17-11-26(12-18-28,20-24-5-3-2-4-6-24)25(31)29-15-9-23(10-16-29)19-22-7-13-27-14-8-22/h2-8,13-14,23H,9-12,15-20H2,1H3. The third-order valence-electron chi connectivity index (χ3n) is 7.18. The Hall–Kier alpha value is -2.69. The molecule has 0 saturated carbocycles. The van der Waals surface area contributed by atoms with Crippen molar-refractivity contribution in [1.82, 2.24) is 14.8 Å². The third kappa shape index (κ3) is 5.15. The summed E-state index contributed by atoms with van der Waals surface area (Å²) < 4.78 is 0. The number of hydrogen-bond acceptors (Lipinski definition) is 3. The second kappa shape index (κ2) is 9.63. The molecule has 0 atom stereocenters. The summed E-state index contributed by atoms with van der Waals surface area (Å²) in [7, 11) is 0. The molecular formula is C26H33N3O2. The van der Waals surface area contributed by atoms with E-state index >= 15 is 0 Å². The van der Waals surface area contributed by atoms with Crippen LogP contribution in [0.1, 0.15) is 43.7 Å². The molecule has 0 N–H and O–H groups in total. The van der Waals surface area contributed by atoms with Crippen LogP contribution in [0.3, 0.4) is 0 Å². The van der Waals surface area contributed by atoms with Crippen LogP contribution in [-0.2, 0) is 22.4 Å². The minimum atomic E-state index is -0.398. The Kier molecular flexibility index (Phi) is 6.69. The highest BCUT2D eigenvalue weighted by molar-refractivity contribution is 5.84. The quantitative estimate of drug-likeness (QED) is 0.742. The molecule has 0 aliphatic carbocycles. The highest BCUT2D eigenvalue weighted by atomic mass is 16.2. The van der Waals surface area contributed by atoms with E-state index in [0.29, 0.717) is 24.9 Å². The molecule has 1 aromatic heterocycles. The fraction of sp³-hybridized carbons (Fsp3) is 0.500. The van der Waals surface area contributed by atoms with Gasteiger partial charge >= 0.3 is 0 Å². The number of hydrogen-bond donors (Lipinski definition) is 0. The van der Waals surface area contributed by atoms with Crippen molar-refractivity contribution in [2.24, 2.45) is 11.3 Å². The van der Waals surface area contributed by atoms with Crippen molar-refractivity contribution in [1.29, 1.82) is 0 Å².